The fourth-order valence-electron chi connectivity index (χ4n) is 5.95. The van der Waals surface area contributed by atoms with E-state index < -0.39 is 18.2 Å². The second kappa shape index (κ2) is 15.6. The fourth-order valence-corrected chi connectivity index (χ4v) is 6.15. The predicted molar refractivity (Wildman–Crippen MR) is 180 cm³/mol. The van der Waals surface area contributed by atoms with Crippen molar-refractivity contribution in [3.8, 4) is 0 Å². The number of carboxylic acids is 1. The Morgan fingerprint density at radius 2 is 1.69 bits per heavy atom. The summed E-state index contributed by atoms with van der Waals surface area (Å²) >= 11 is 6.38. The lowest BCUT2D eigenvalue weighted by atomic mass is 9.88. The average Bonchev–Trinajstić information content (AvgIpc) is 3.46. The van der Waals surface area contributed by atoms with Crippen molar-refractivity contribution in [2.75, 3.05) is 39.1 Å². The van der Waals surface area contributed by atoms with E-state index in [1.165, 1.54) is 0 Å². The molecule has 0 bridgehead atoms. The molecule has 2 heterocycles. The van der Waals surface area contributed by atoms with E-state index in [1.54, 1.807) is 11.9 Å². The van der Waals surface area contributed by atoms with Gasteiger partial charge in [0.2, 0.25) is 5.91 Å². The molecule has 3 atom stereocenters. The molecule has 1 aromatic heterocycles. The van der Waals surface area contributed by atoms with Crippen LogP contribution in [0.15, 0.2) is 79.0 Å². The number of alkyl halides is 3. The number of para-hydroxylation sites is 1. The van der Waals surface area contributed by atoms with Crippen molar-refractivity contribution < 1.29 is 32.7 Å². The van der Waals surface area contributed by atoms with Gasteiger partial charge in [0.25, 0.3) is 0 Å². The number of aromatic amines is 1. The van der Waals surface area contributed by atoms with Crippen molar-refractivity contribution in [1.29, 1.82) is 0 Å². The second-order valence-electron chi connectivity index (χ2n) is 12.2. The number of carboxylic acid groups (broad SMARTS) is 1. The number of aliphatic carboxylic acids is 1. The zero-order valence-corrected chi connectivity index (χ0v) is 27.8. The summed E-state index contributed by atoms with van der Waals surface area (Å²) < 4.78 is 31.7. The number of benzene rings is 3. The highest BCUT2D eigenvalue weighted by Crippen LogP contribution is 2.35. The minimum Gasteiger partial charge on any atom is -0.475 e. The summed E-state index contributed by atoms with van der Waals surface area (Å²) in [7, 11) is 5.85. The van der Waals surface area contributed by atoms with Crippen molar-refractivity contribution >= 4 is 46.1 Å². The van der Waals surface area contributed by atoms with Gasteiger partial charge in [-0.1, -0.05) is 67.1 Å². The molecule has 5 rings (SSSR count). The highest BCUT2D eigenvalue weighted by atomic mass is 35.5. The van der Waals surface area contributed by atoms with Crippen LogP contribution in [0.25, 0.3) is 10.9 Å². The van der Waals surface area contributed by atoms with E-state index >= 15 is 0 Å². The van der Waals surface area contributed by atoms with E-state index in [2.05, 4.69) is 15.2 Å². The lowest BCUT2D eigenvalue weighted by molar-refractivity contribution is -0.192. The number of hydrogen-bond donors (Lipinski definition) is 3. The molecule has 9 nitrogen and oxygen atoms in total. The summed E-state index contributed by atoms with van der Waals surface area (Å²) in [6.07, 6.45) is -2.29. The number of fused-ring (bicyclic) bond motifs is 2. The number of amides is 3. The van der Waals surface area contributed by atoms with E-state index in [0.717, 1.165) is 46.2 Å². The Morgan fingerprint density at radius 3 is 2.33 bits per heavy atom. The van der Waals surface area contributed by atoms with Crippen LogP contribution in [0.5, 0.6) is 0 Å². The maximum absolute atomic E-state index is 14.6. The normalized spacial score (nSPS) is 15.6. The van der Waals surface area contributed by atoms with Crippen molar-refractivity contribution in [2.24, 2.45) is 5.92 Å². The summed E-state index contributed by atoms with van der Waals surface area (Å²) in [6.45, 7) is 3.85. The lowest BCUT2D eigenvalue weighted by Gasteiger charge is -2.39. The van der Waals surface area contributed by atoms with E-state index in [4.69, 9.17) is 21.5 Å². The van der Waals surface area contributed by atoms with E-state index in [1.807, 2.05) is 105 Å². The first-order chi connectivity index (χ1) is 22.6. The third-order valence-electron chi connectivity index (χ3n) is 8.18. The molecule has 0 fully saturated rings. The molecule has 0 aliphatic carbocycles. The Kier molecular flexibility index (Phi) is 11.8. The molecule has 3 aromatic carbocycles. The van der Waals surface area contributed by atoms with E-state index in [0.29, 0.717) is 18.1 Å². The van der Waals surface area contributed by atoms with Gasteiger partial charge in [-0.15, -0.1) is 0 Å². The molecule has 4 aromatic rings. The van der Waals surface area contributed by atoms with Gasteiger partial charge >= 0.3 is 18.2 Å². The molecule has 3 N–H and O–H groups in total. The molecule has 0 radical (unpaired) electrons. The van der Waals surface area contributed by atoms with Crippen molar-refractivity contribution in [2.45, 2.75) is 38.0 Å². The van der Waals surface area contributed by atoms with Crippen LogP contribution in [-0.2, 0) is 22.6 Å². The lowest BCUT2D eigenvalue weighted by Crippen LogP contribution is -2.56. The van der Waals surface area contributed by atoms with Crippen LogP contribution < -0.4 is 10.2 Å². The number of aromatic nitrogens is 1. The molecule has 256 valence electrons. The van der Waals surface area contributed by atoms with E-state index in [9.17, 15) is 22.8 Å². The molecule has 2 unspecified atom stereocenters. The van der Waals surface area contributed by atoms with Gasteiger partial charge in [-0.05, 0) is 67.4 Å². The Hall–Kier alpha value is -4.55. The Labute approximate surface area is 282 Å². The zero-order chi connectivity index (χ0) is 35.2. The predicted octanol–water partition coefficient (Wildman–Crippen LogP) is 6.54. The summed E-state index contributed by atoms with van der Waals surface area (Å²) in [4.78, 5) is 46.1. The average molecular weight is 686 g/mol. The minimum atomic E-state index is -5.08. The van der Waals surface area contributed by atoms with Gasteiger partial charge in [-0.25, -0.2) is 9.59 Å². The van der Waals surface area contributed by atoms with Crippen molar-refractivity contribution in [3.63, 3.8) is 0 Å². The molecular formula is C35H39ClF3N5O4. The number of urea groups is 1. The van der Waals surface area contributed by atoms with Gasteiger partial charge in [0.15, 0.2) is 0 Å². The van der Waals surface area contributed by atoms with E-state index in [-0.39, 0.29) is 23.8 Å². The maximum Gasteiger partial charge on any atom is 0.490 e. The number of nitrogens with one attached hydrogen (secondary N) is 2. The van der Waals surface area contributed by atoms with Gasteiger partial charge < -0.3 is 30.1 Å². The van der Waals surface area contributed by atoms with Crippen LogP contribution in [0.3, 0.4) is 0 Å². The number of carbonyl (C=O) groups is 3. The van der Waals surface area contributed by atoms with Crippen LogP contribution >= 0.6 is 11.6 Å². The first kappa shape index (κ1) is 36.3. The van der Waals surface area contributed by atoms with Crippen LogP contribution in [0.4, 0.5) is 23.7 Å². The molecule has 1 aliphatic heterocycles. The molecule has 0 saturated heterocycles. The van der Waals surface area contributed by atoms with Crippen molar-refractivity contribution in [3.05, 3.63) is 101 Å². The number of halogens is 4. The first-order valence-corrected chi connectivity index (χ1v) is 15.7. The molecule has 48 heavy (non-hydrogen) atoms. The highest BCUT2D eigenvalue weighted by molar-refractivity contribution is 6.30. The maximum atomic E-state index is 14.6. The number of carbonyl (C=O) groups excluding carboxylic acids is 2. The van der Waals surface area contributed by atoms with Gasteiger partial charge in [0.1, 0.15) is 6.04 Å². The Morgan fingerprint density at radius 1 is 1.04 bits per heavy atom. The smallest absolute Gasteiger partial charge is 0.475 e. The van der Waals surface area contributed by atoms with Crippen LogP contribution in [0, 0.1) is 5.92 Å². The van der Waals surface area contributed by atoms with Gasteiger partial charge in [0, 0.05) is 60.4 Å². The number of anilines is 1. The summed E-state index contributed by atoms with van der Waals surface area (Å²) in [5.74, 6) is -2.94. The SMILES string of the molecule is CC(c1c[nH]c2ccccc12)C(NC(=O)N(C)Cc1ccccc1)C(=O)N1C[C@@H](CN(C)C)Cc2cc(Cl)ccc21.O=C(O)C(F)(F)F. The van der Waals surface area contributed by atoms with Crippen LogP contribution in [0.1, 0.15) is 29.5 Å². The minimum absolute atomic E-state index is 0.128. The third kappa shape index (κ3) is 9.07. The standard InChI is InChI=1S/C33H38ClN5O2.C2HF3O2/c1-22(28-18-35-29-13-9-8-12-27(28)29)31(36-33(41)38(4)20-23-10-6-5-7-11-23)32(40)39-21-24(19-37(2)3)16-25-17-26(34)14-15-30(25)39;3-2(4,5)1(6)7/h5-15,17-18,22,24,31,35H,16,19-21H2,1-4H3,(H,36,41);(H,6,7)/t22?,24-,31?;/m1./s1. The molecular weight excluding hydrogens is 647 g/mol. The number of nitrogens with zero attached hydrogens (tertiary/aromatic N) is 3. The molecule has 3 amide bonds. The molecule has 0 saturated carbocycles. The molecule has 1 aliphatic rings. The number of rotatable bonds is 8. The Bertz CT molecular complexity index is 1730. The highest BCUT2D eigenvalue weighted by Gasteiger charge is 2.39. The van der Waals surface area contributed by atoms with Gasteiger partial charge in [-0.3, -0.25) is 4.79 Å². The Balaban J connectivity index is 0.000000671. The van der Waals surface area contributed by atoms with Gasteiger partial charge in [0.05, 0.1) is 0 Å². The van der Waals surface area contributed by atoms with Crippen LogP contribution in [0.2, 0.25) is 5.02 Å². The molecule has 13 heteroatoms. The summed E-state index contributed by atoms with van der Waals surface area (Å²) in [5, 5.41) is 12.0. The van der Waals surface area contributed by atoms with Crippen LogP contribution in [-0.4, -0.2) is 84.2 Å². The number of hydrogen-bond acceptors (Lipinski definition) is 4. The third-order valence-corrected chi connectivity index (χ3v) is 8.41. The van der Waals surface area contributed by atoms with Crippen molar-refractivity contribution in [1.82, 2.24) is 20.1 Å². The van der Waals surface area contributed by atoms with Gasteiger partial charge in [-0.2, -0.15) is 13.2 Å². The fraction of sp³-hybridized carbons (Fsp3) is 0.343. The number of H-pyrrole nitrogens is 1. The summed E-state index contributed by atoms with van der Waals surface area (Å²) in [6, 6.07) is 22.5. The quantitative estimate of drug-likeness (QED) is 0.195. The molecule has 0 spiro atoms. The monoisotopic (exact) mass is 685 g/mol. The largest absolute Gasteiger partial charge is 0.490 e. The second-order valence-corrected chi connectivity index (χ2v) is 12.6. The zero-order valence-electron chi connectivity index (χ0n) is 27.1. The first-order valence-electron chi connectivity index (χ1n) is 15.3. The summed E-state index contributed by atoms with van der Waals surface area (Å²) in [5.41, 5.74) is 4.92. The topological polar surface area (TPSA) is 109 Å².